The number of hydrogen-bond donors (Lipinski definition) is 2. The van der Waals surface area contributed by atoms with Crippen molar-refractivity contribution in [2.45, 2.75) is 32.6 Å². The molecular weight excluding hydrogens is 485 g/mol. The zero-order chi connectivity index (χ0) is 26.0. The van der Waals surface area contributed by atoms with E-state index < -0.39 is 18.5 Å². The van der Waals surface area contributed by atoms with Gasteiger partial charge in [0.1, 0.15) is 12.2 Å². The number of aryl methyl sites for hydroxylation is 1. The van der Waals surface area contributed by atoms with E-state index >= 15 is 0 Å². The first kappa shape index (κ1) is 24.8. The Kier molecular flexibility index (Phi) is 6.83. The van der Waals surface area contributed by atoms with Crippen LogP contribution >= 0.6 is 0 Å². The number of hydrogen-bond acceptors (Lipinski definition) is 6. The first-order chi connectivity index (χ1) is 17.8. The molecule has 5 rings (SSSR count). The third-order valence-electron chi connectivity index (χ3n) is 6.33. The molecule has 0 spiro atoms. The van der Waals surface area contributed by atoms with Crippen molar-refractivity contribution in [3.05, 3.63) is 54.5 Å². The first-order valence-corrected chi connectivity index (χ1v) is 12.1. The molecule has 1 aromatic carbocycles. The number of benzene rings is 1. The summed E-state index contributed by atoms with van der Waals surface area (Å²) in [6.07, 6.45) is -0.329. The summed E-state index contributed by atoms with van der Waals surface area (Å²) >= 11 is 0. The summed E-state index contributed by atoms with van der Waals surface area (Å²) in [4.78, 5) is 27.5. The van der Waals surface area contributed by atoms with Crippen LogP contribution in [0.5, 0.6) is 0 Å². The van der Waals surface area contributed by atoms with E-state index in [1.165, 1.54) is 4.90 Å². The Morgan fingerprint density at radius 2 is 1.92 bits per heavy atom. The summed E-state index contributed by atoms with van der Waals surface area (Å²) < 4.78 is 39.4. The second-order valence-electron chi connectivity index (χ2n) is 9.03. The van der Waals surface area contributed by atoms with Crippen LogP contribution in [0.2, 0.25) is 0 Å². The second-order valence-corrected chi connectivity index (χ2v) is 9.03. The number of carbonyl (C=O) groups excluding carboxylic acids is 1. The lowest BCUT2D eigenvalue weighted by molar-refractivity contribution is -0.162. The van der Waals surface area contributed by atoms with Gasteiger partial charge in [-0.25, -0.2) is 9.97 Å². The number of alkyl halides is 3. The average Bonchev–Trinajstić information content (AvgIpc) is 3.50. The van der Waals surface area contributed by atoms with Crippen LogP contribution in [0.3, 0.4) is 0 Å². The summed E-state index contributed by atoms with van der Waals surface area (Å²) in [5.74, 6) is 0.328. The minimum absolute atomic E-state index is 0.283. The zero-order valence-electron chi connectivity index (χ0n) is 20.3. The predicted octanol–water partition coefficient (Wildman–Crippen LogP) is 4.18. The van der Waals surface area contributed by atoms with Crippen molar-refractivity contribution < 1.29 is 18.0 Å². The Labute approximate surface area is 211 Å². The highest BCUT2D eigenvalue weighted by atomic mass is 19.4. The fraction of sp³-hybridized carbons (Fsp3) is 0.360. The van der Waals surface area contributed by atoms with Crippen LogP contribution in [-0.2, 0) is 17.9 Å². The van der Waals surface area contributed by atoms with Crippen molar-refractivity contribution >= 4 is 28.7 Å². The van der Waals surface area contributed by atoms with Gasteiger partial charge in [-0.3, -0.25) is 14.4 Å². The lowest BCUT2D eigenvalue weighted by Crippen LogP contribution is -2.49. The summed E-state index contributed by atoms with van der Waals surface area (Å²) in [7, 11) is 0. The molecule has 0 bridgehead atoms. The van der Waals surface area contributed by atoms with Gasteiger partial charge in [0, 0.05) is 57.2 Å². The van der Waals surface area contributed by atoms with Crippen molar-refractivity contribution in [2.24, 2.45) is 0 Å². The van der Waals surface area contributed by atoms with E-state index in [4.69, 9.17) is 0 Å². The summed E-state index contributed by atoms with van der Waals surface area (Å²) in [5, 5.41) is 7.55. The van der Waals surface area contributed by atoms with Crippen molar-refractivity contribution in [3.8, 4) is 11.1 Å². The lowest BCUT2D eigenvalue weighted by atomic mass is 10.1. The molecule has 4 aromatic rings. The van der Waals surface area contributed by atoms with E-state index in [0.29, 0.717) is 31.4 Å². The van der Waals surface area contributed by atoms with Gasteiger partial charge in [-0.15, -0.1) is 0 Å². The van der Waals surface area contributed by atoms with E-state index in [2.05, 4.69) is 30.3 Å². The first-order valence-electron chi connectivity index (χ1n) is 12.1. The monoisotopic (exact) mass is 512 g/mol. The van der Waals surface area contributed by atoms with E-state index in [1.807, 2.05) is 54.3 Å². The number of carbonyl (C=O) groups is 1. The molecule has 0 unspecified atom stereocenters. The Morgan fingerprint density at radius 3 is 2.65 bits per heavy atom. The quantitative estimate of drug-likeness (QED) is 0.386. The molecule has 194 valence electrons. The molecule has 3 aromatic heterocycles. The van der Waals surface area contributed by atoms with E-state index in [1.54, 1.807) is 6.20 Å². The molecule has 37 heavy (non-hydrogen) atoms. The molecule has 2 N–H and O–H groups in total. The highest BCUT2D eigenvalue weighted by Crippen LogP contribution is 2.25. The number of anilines is 2. The molecule has 9 nitrogen and oxygen atoms in total. The number of rotatable bonds is 7. The SMILES string of the molecule is CCn1cc(-c2ccc3nc(Nc4cc(CN5CCN(C(=O)CC(F)(F)F)CC5)ccn4)[nH]c3c2)cn1. The normalized spacial score (nSPS) is 14.9. The molecule has 0 aliphatic carbocycles. The number of fused-ring (bicyclic) bond motifs is 1. The van der Waals surface area contributed by atoms with Gasteiger partial charge in [0.05, 0.1) is 17.2 Å². The molecular formula is C25H27F3N8O. The van der Waals surface area contributed by atoms with E-state index in [9.17, 15) is 18.0 Å². The lowest BCUT2D eigenvalue weighted by Gasteiger charge is -2.35. The highest BCUT2D eigenvalue weighted by Gasteiger charge is 2.34. The number of nitrogens with one attached hydrogen (secondary N) is 2. The molecule has 1 aliphatic rings. The van der Waals surface area contributed by atoms with Gasteiger partial charge in [0.2, 0.25) is 11.9 Å². The Balaban J connectivity index is 1.20. The van der Waals surface area contributed by atoms with Crippen molar-refractivity contribution in [1.29, 1.82) is 0 Å². The minimum atomic E-state index is -4.48. The van der Waals surface area contributed by atoms with Gasteiger partial charge in [-0.05, 0) is 42.3 Å². The number of aromatic amines is 1. The van der Waals surface area contributed by atoms with Crippen molar-refractivity contribution in [1.82, 2.24) is 34.5 Å². The number of piperazine rings is 1. The van der Waals surface area contributed by atoms with Gasteiger partial charge in [0.15, 0.2) is 0 Å². The number of amides is 1. The predicted molar refractivity (Wildman–Crippen MR) is 133 cm³/mol. The van der Waals surface area contributed by atoms with Crippen LogP contribution in [0, 0.1) is 0 Å². The third-order valence-corrected chi connectivity index (χ3v) is 6.33. The maximum absolute atomic E-state index is 12.5. The van der Waals surface area contributed by atoms with Crippen LogP contribution in [0.25, 0.3) is 22.2 Å². The molecule has 0 atom stereocenters. The highest BCUT2D eigenvalue weighted by molar-refractivity contribution is 5.83. The molecule has 0 saturated carbocycles. The van der Waals surface area contributed by atoms with Crippen molar-refractivity contribution in [3.63, 3.8) is 0 Å². The minimum Gasteiger partial charge on any atom is -0.340 e. The topological polar surface area (TPSA) is 95.0 Å². The maximum atomic E-state index is 12.5. The zero-order valence-corrected chi connectivity index (χ0v) is 20.3. The Morgan fingerprint density at radius 1 is 1.11 bits per heavy atom. The summed E-state index contributed by atoms with van der Waals surface area (Å²) in [6.45, 7) is 5.05. The Hall–Kier alpha value is -3.93. The summed E-state index contributed by atoms with van der Waals surface area (Å²) in [6, 6.07) is 9.82. The van der Waals surface area contributed by atoms with E-state index in [0.717, 1.165) is 34.3 Å². The summed E-state index contributed by atoms with van der Waals surface area (Å²) in [5.41, 5.74) is 4.79. The number of pyridine rings is 1. The van der Waals surface area contributed by atoms with Gasteiger partial charge in [0.25, 0.3) is 0 Å². The number of aromatic nitrogens is 5. The van der Waals surface area contributed by atoms with Crippen molar-refractivity contribution in [2.75, 3.05) is 31.5 Å². The van der Waals surface area contributed by atoms with E-state index in [-0.39, 0.29) is 13.1 Å². The van der Waals surface area contributed by atoms with Crippen LogP contribution in [0.1, 0.15) is 18.9 Å². The fourth-order valence-electron chi connectivity index (χ4n) is 4.39. The standard InChI is InChI=1S/C25H27F3N8O/c1-2-36-16-19(14-30-36)18-3-4-20-21(12-18)32-24(31-20)33-22-11-17(5-6-29-22)15-34-7-9-35(10-8-34)23(37)13-25(26,27)28/h3-6,11-12,14,16H,2,7-10,13,15H2,1H3,(H2,29,31,32,33). The molecule has 1 saturated heterocycles. The molecule has 1 aliphatic heterocycles. The molecule has 4 heterocycles. The number of imidazole rings is 1. The molecule has 12 heteroatoms. The van der Waals surface area contributed by atoms with Crippen LogP contribution in [-0.4, -0.2) is 72.8 Å². The van der Waals surface area contributed by atoms with Crippen LogP contribution in [0.15, 0.2) is 48.9 Å². The number of nitrogens with zero attached hydrogens (tertiary/aromatic N) is 6. The van der Waals surface area contributed by atoms with Gasteiger partial charge in [-0.1, -0.05) is 6.07 Å². The van der Waals surface area contributed by atoms with Crippen LogP contribution in [0.4, 0.5) is 24.9 Å². The molecule has 0 radical (unpaired) electrons. The maximum Gasteiger partial charge on any atom is 0.397 e. The number of halogens is 3. The fourth-order valence-corrected chi connectivity index (χ4v) is 4.39. The van der Waals surface area contributed by atoms with Gasteiger partial charge < -0.3 is 15.2 Å². The van der Waals surface area contributed by atoms with Crippen LogP contribution < -0.4 is 5.32 Å². The molecule has 1 fully saturated rings. The second kappa shape index (κ2) is 10.2. The average molecular weight is 513 g/mol. The Bertz CT molecular complexity index is 1390. The molecule has 1 amide bonds. The van der Waals surface area contributed by atoms with Gasteiger partial charge in [-0.2, -0.15) is 18.3 Å². The number of H-pyrrole nitrogens is 1. The third kappa shape index (κ3) is 6.08. The largest absolute Gasteiger partial charge is 0.397 e. The smallest absolute Gasteiger partial charge is 0.340 e. The van der Waals surface area contributed by atoms with Gasteiger partial charge >= 0.3 is 6.18 Å².